The summed E-state index contributed by atoms with van der Waals surface area (Å²) in [6, 6.07) is 46.5. The molecule has 8 aromatic heterocycles. The van der Waals surface area contributed by atoms with Crippen LogP contribution in [0.3, 0.4) is 0 Å². The second-order valence-corrected chi connectivity index (χ2v) is 31.1. The Balaban J connectivity index is 0.000000204. The molecule has 19 heteroatoms. The first-order valence-electron chi connectivity index (χ1n) is 36.5. The van der Waals surface area contributed by atoms with Crippen LogP contribution in [-0.4, -0.2) is 53.8 Å². The minimum absolute atomic E-state index is 0. The van der Waals surface area contributed by atoms with Gasteiger partial charge in [-0.1, -0.05) is 173 Å². The van der Waals surface area contributed by atoms with Crippen molar-refractivity contribution in [1.82, 2.24) is 53.8 Å². The Morgan fingerprint density at radius 2 is 1.16 bits per heavy atom. The van der Waals surface area contributed by atoms with Gasteiger partial charge in [0.2, 0.25) is 0 Å². The maximum atomic E-state index is 13.2. The normalized spacial score (nSPS) is 16.8. The Morgan fingerprint density at radius 3 is 1.73 bits per heavy atom. The van der Waals surface area contributed by atoms with Gasteiger partial charge in [0.15, 0.2) is 5.95 Å². The Bertz CT molecular complexity index is 4270. The van der Waals surface area contributed by atoms with Gasteiger partial charge in [-0.3, -0.25) is 29.3 Å². The number of imidazole rings is 2. The summed E-state index contributed by atoms with van der Waals surface area (Å²) in [5.41, 5.74) is 12.4. The van der Waals surface area contributed by atoms with E-state index in [1.165, 1.54) is 157 Å². The first-order valence-corrected chi connectivity index (χ1v) is 36.5. The number of hydrogen-bond acceptors (Lipinski definition) is 8. The zero-order chi connectivity index (χ0) is 70.2. The molecule has 5 saturated carbocycles. The van der Waals surface area contributed by atoms with E-state index in [2.05, 4.69) is 186 Å². The third kappa shape index (κ3) is 24.1. The van der Waals surface area contributed by atoms with E-state index in [1.54, 1.807) is 23.1 Å². The molecular weight excluding hydrogens is 1890 g/mol. The van der Waals surface area contributed by atoms with Crippen LogP contribution >= 0.6 is 0 Å². The van der Waals surface area contributed by atoms with Crippen molar-refractivity contribution in [3.8, 4) is 34.4 Å². The summed E-state index contributed by atoms with van der Waals surface area (Å²) in [5, 5.41) is 4.15. The first kappa shape index (κ1) is 88.1. The molecule has 5 fully saturated rings. The van der Waals surface area contributed by atoms with Gasteiger partial charge in [0.25, 0.3) is 0 Å². The third-order valence-electron chi connectivity index (χ3n) is 22.1. The fraction of sp³-hybridized carbons (Fsp3) is 0.453. The van der Waals surface area contributed by atoms with E-state index in [0.717, 1.165) is 71.7 Å². The van der Waals surface area contributed by atoms with Crippen molar-refractivity contribution in [3.63, 3.8) is 0 Å². The summed E-state index contributed by atoms with van der Waals surface area (Å²) in [6.45, 7) is 23.3. The van der Waals surface area contributed by atoms with Crippen LogP contribution in [0.2, 0.25) is 0 Å². The van der Waals surface area contributed by atoms with Crippen molar-refractivity contribution in [1.29, 1.82) is 0 Å². The fourth-order valence-electron chi connectivity index (χ4n) is 15.9. The molecule has 8 heterocycles. The van der Waals surface area contributed by atoms with E-state index in [0.29, 0.717) is 33.2 Å². The summed E-state index contributed by atoms with van der Waals surface area (Å²) < 4.78 is 31.8. The van der Waals surface area contributed by atoms with Gasteiger partial charge in [-0.15, -0.1) is 42.0 Å². The molecule has 0 bridgehead atoms. The SMILES string of the molecule is CC1(Cc2ccc(C(C)(C)c3[c-]cccc3)nc2)CCCC1.CC1(Cc2ccnc(-c3[c-]cc(F)c(F)n3)c2)CCCC1.CC1(Cc2cn(-c3ccccn3)[c-]n2)CCCC1.Cn1c(CC2(C)CCCC2)cnc1-c1[c-]cccc1.[C-]#[N+]c1c[c-]n(-c2cc(C3(C)CCCCC3)ccn2)n1.[Co].[Ir].[Ir].[Rh].[Rh]. The average molecular weight is 1990 g/mol. The molecular formula is C86H99CoF2Ir2N12Rh2-5. The number of pyridine rings is 5. The molecule has 0 aliphatic heterocycles. The minimum atomic E-state index is -1.11. The molecule has 12 nitrogen and oxygen atoms in total. The summed E-state index contributed by atoms with van der Waals surface area (Å²) in [7, 11) is 2.12. The fourth-order valence-corrected chi connectivity index (χ4v) is 15.9. The van der Waals surface area contributed by atoms with Crippen LogP contribution in [0.5, 0.6) is 0 Å². The number of rotatable bonds is 15. The van der Waals surface area contributed by atoms with Crippen molar-refractivity contribution < 1.29 is 105 Å². The molecule has 0 unspecified atom stereocenters. The summed E-state index contributed by atoms with van der Waals surface area (Å²) in [4.78, 5) is 33.5. The van der Waals surface area contributed by atoms with Crippen LogP contribution in [0.15, 0.2) is 152 Å². The van der Waals surface area contributed by atoms with Crippen LogP contribution in [0, 0.1) is 70.7 Å². The summed E-state index contributed by atoms with van der Waals surface area (Å²) in [6.07, 6.45) is 49.6. The quantitative estimate of drug-likeness (QED) is 0.0565. The number of aromatic nitrogens is 11. The Morgan fingerprint density at radius 1 is 0.571 bits per heavy atom. The van der Waals surface area contributed by atoms with Crippen molar-refractivity contribution in [3.05, 3.63) is 246 Å². The number of halogens is 2. The Labute approximate surface area is 686 Å². The van der Waals surface area contributed by atoms with Crippen LogP contribution in [0.25, 0.3) is 39.3 Å². The molecule has 2 aromatic carbocycles. The second-order valence-electron chi connectivity index (χ2n) is 31.1. The van der Waals surface area contributed by atoms with Gasteiger partial charge >= 0.3 is 5.82 Å². The predicted octanol–water partition coefficient (Wildman–Crippen LogP) is 20.7. The van der Waals surface area contributed by atoms with Gasteiger partial charge < -0.3 is 23.9 Å². The van der Waals surface area contributed by atoms with Crippen molar-refractivity contribution >= 4 is 5.82 Å². The van der Waals surface area contributed by atoms with Crippen LogP contribution in [0.4, 0.5) is 14.6 Å². The largest absolute Gasteiger partial charge is 0.418 e. The molecule has 0 spiro atoms. The van der Waals surface area contributed by atoms with Crippen molar-refractivity contribution in [2.45, 2.75) is 220 Å². The smallest absolute Gasteiger partial charge is 0.327 e. The first-order chi connectivity index (χ1) is 48.2. The van der Waals surface area contributed by atoms with Gasteiger partial charge in [0.1, 0.15) is 0 Å². The predicted molar refractivity (Wildman–Crippen MR) is 394 cm³/mol. The maximum Gasteiger partial charge on any atom is 0.327 e. The van der Waals surface area contributed by atoms with E-state index in [4.69, 9.17) is 11.6 Å². The standard InChI is InChI=1S/C21H26N.C17H17F2N2.C17H21N2.C16H17N4.C15H18N3.Co.2Ir.2Rh/c1-20(2,18-9-5-4-6-10-18)19-12-11-17(16-22-19)15-21(3)13-7-8-14-21;1-17(7-2-3-8-17)11-12-6-9-20-15(10-12)14-5-4-13(18)16(19)21-14;1-17(10-6-7-11-17)12-15-13-18-16(19(15)2)14-8-4-3-5-9-14;1-16(8-4-3-5-9-16)13-6-10-18-15(12-13)20-11-7-14(17-2)19-20;1-15(7-3-4-8-15)10-13-11-18(12-17-13)14-6-2-5-9-16-14;;;;;/h4-6,9,11-12,16H,7-8,13-15H2,1-3H3;4,6,9-10H,2-3,7-8,11H2,1H3;3-5,8,13H,6-7,10-12H2,1-2H3;6-7,10,12H,3-5,8-9H2,1H3;2,5-6,9,11H,3-4,7-8,10H2,1H3;;;;;/q5*-1;;;;;. The number of hydrogen-bond donors (Lipinski definition) is 0. The topological polar surface area (TPSA) is 122 Å². The molecule has 0 saturated heterocycles. The van der Waals surface area contributed by atoms with E-state index in [1.807, 2.05) is 77.6 Å². The van der Waals surface area contributed by atoms with Gasteiger partial charge in [0.05, 0.1) is 23.3 Å². The van der Waals surface area contributed by atoms with Crippen LogP contribution in [0.1, 0.15) is 223 Å². The maximum absolute atomic E-state index is 13.2. The van der Waals surface area contributed by atoms with Crippen LogP contribution in [-0.2, 0) is 140 Å². The molecule has 5 radical (unpaired) electrons. The summed E-state index contributed by atoms with van der Waals surface area (Å²) in [5.74, 6) is 0.891. The molecule has 0 amide bonds. The van der Waals surface area contributed by atoms with Crippen molar-refractivity contribution in [2.24, 2.45) is 28.7 Å². The van der Waals surface area contributed by atoms with Gasteiger partial charge in [-0.2, -0.15) is 46.4 Å². The Kier molecular flexibility index (Phi) is 34.1. The summed E-state index contributed by atoms with van der Waals surface area (Å²) >= 11 is 0. The van der Waals surface area contributed by atoms with Crippen LogP contribution < -0.4 is 0 Å². The average Bonchev–Trinajstić information content (AvgIpc) is 1.53. The molecule has 567 valence electrons. The number of nitrogens with zero attached hydrogens (tertiary/aromatic N) is 12. The molecule has 5 aliphatic carbocycles. The molecule has 10 aromatic rings. The van der Waals surface area contributed by atoms with Gasteiger partial charge in [-0.05, 0) is 181 Å². The Hall–Kier alpha value is -5.78. The second kappa shape index (κ2) is 40.6. The van der Waals surface area contributed by atoms with E-state index in [-0.39, 0.29) is 112 Å². The van der Waals surface area contributed by atoms with E-state index in [9.17, 15) is 8.78 Å². The van der Waals surface area contributed by atoms with Gasteiger partial charge in [0, 0.05) is 157 Å². The number of benzene rings is 2. The van der Waals surface area contributed by atoms with Crippen molar-refractivity contribution in [2.75, 3.05) is 0 Å². The third-order valence-corrected chi connectivity index (χ3v) is 22.1. The zero-order valence-electron chi connectivity index (χ0n) is 61.9. The van der Waals surface area contributed by atoms with Gasteiger partial charge in [-0.25, -0.2) is 4.68 Å². The zero-order valence-corrected chi connectivity index (χ0v) is 71.0. The molecule has 5 aliphatic rings. The van der Waals surface area contributed by atoms with E-state index < -0.39 is 11.8 Å². The monoisotopic (exact) mass is 1990 g/mol. The molecule has 0 N–H and O–H groups in total. The molecule has 105 heavy (non-hydrogen) atoms. The van der Waals surface area contributed by atoms with E-state index >= 15 is 0 Å². The minimum Gasteiger partial charge on any atom is -0.418 e. The molecule has 15 rings (SSSR count). The molecule has 0 atom stereocenters.